The Balaban J connectivity index is 1.18. The summed E-state index contributed by atoms with van der Waals surface area (Å²) in [7, 11) is 0. The molecular weight excluding hydrogens is 556 g/mol. The summed E-state index contributed by atoms with van der Waals surface area (Å²) in [6.07, 6.45) is 1.20. The molecule has 0 bridgehead atoms. The number of rotatable bonds is 12. The van der Waals surface area contributed by atoms with E-state index >= 15 is 0 Å². The molecule has 0 radical (unpaired) electrons. The van der Waals surface area contributed by atoms with Gasteiger partial charge in [-0.2, -0.15) is 10.1 Å². The fraction of sp³-hybridized carbons (Fsp3) is 0.324. The Kier molecular flexibility index (Phi) is 8.85. The Morgan fingerprint density at radius 1 is 0.932 bits per heavy atom. The van der Waals surface area contributed by atoms with Crippen molar-refractivity contribution >= 4 is 17.0 Å². The van der Waals surface area contributed by atoms with Gasteiger partial charge in [-0.05, 0) is 42.5 Å². The topological polar surface area (TPSA) is 151 Å². The van der Waals surface area contributed by atoms with Gasteiger partial charge < -0.3 is 20.7 Å². The van der Waals surface area contributed by atoms with E-state index in [9.17, 15) is 15.0 Å². The molecule has 1 saturated heterocycles. The van der Waals surface area contributed by atoms with E-state index in [0.717, 1.165) is 25.8 Å². The van der Waals surface area contributed by atoms with Crippen LogP contribution in [-0.2, 0) is 16.7 Å². The summed E-state index contributed by atoms with van der Waals surface area (Å²) in [5.41, 5.74) is 9.42. The molecule has 6 rings (SSSR count). The first-order valence-electron chi connectivity index (χ1n) is 15.1. The molecule has 0 aliphatic carbocycles. The van der Waals surface area contributed by atoms with Gasteiger partial charge in [0.15, 0.2) is 11.9 Å². The molecule has 0 saturated carbocycles. The Labute approximate surface area is 255 Å². The number of aliphatic hydroxyl groups is 2. The van der Waals surface area contributed by atoms with E-state index in [1.54, 1.807) is 0 Å². The number of aromatic nitrogens is 4. The smallest absolute Gasteiger partial charge is 0.263 e. The minimum atomic E-state index is -0.839. The van der Waals surface area contributed by atoms with E-state index in [4.69, 9.17) is 15.6 Å². The van der Waals surface area contributed by atoms with Crippen molar-refractivity contribution in [1.82, 2.24) is 25.1 Å². The van der Waals surface area contributed by atoms with Crippen molar-refractivity contribution in [3.63, 3.8) is 0 Å². The van der Waals surface area contributed by atoms with Crippen molar-refractivity contribution < 1.29 is 14.9 Å². The normalized spacial score (nSPS) is 18.6. The highest BCUT2D eigenvalue weighted by Crippen LogP contribution is 2.37. The van der Waals surface area contributed by atoms with Crippen molar-refractivity contribution in [2.75, 3.05) is 18.9 Å². The van der Waals surface area contributed by atoms with Crippen LogP contribution in [-0.4, -0.2) is 55.3 Å². The van der Waals surface area contributed by atoms with Crippen LogP contribution >= 0.6 is 0 Å². The molecule has 1 aliphatic heterocycles. The molecule has 5 aromatic rings. The monoisotopic (exact) mass is 594 g/mol. The standard InChI is InChI=1S/C34H38N6O4/c35-33-37-31-30(32(43)38-33)26(39-40(31)29-21-27(42)28(22-41)44-29)19-11-4-12-20-36-34(23-13-5-1-6-14-23,24-15-7-2-8-16-24)25-17-9-3-10-18-25/h1-3,5-10,13-18,27-29,36,41-42H,4,11-12,19-22H2,(H3,35,37,38,43)/t27-,28+,29+/m0/s1. The highest BCUT2D eigenvalue weighted by Gasteiger charge is 2.37. The second-order valence-corrected chi connectivity index (χ2v) is 11.2. The lowest BCUT2D eigenvalue weighted by Crippen LogP contribution is -2.45. The van der Waals surface area contributed by atoms with Crippen LogP contribution < -0.4 is 16.6 Å². The van der Waals surface area contributed by atoms with Crippen molar-refractivity contribution in [3.8, 4) is 0 Å². The van der Waals surface area contributed by atoms with Crippen LogP contribution in [0.25, 0.3) is 11.0 Å². The average Bonchev–Trinajstić information content (AvgIpc) is 3.61. The second-order valence-electron chi connectivity index (χ2n) is 11.2. The van der Waals surface area contributed by atoms with Crippen LogP contribution in [0.3, 0.4) is 0 Å². The predicted octanol–water partition coefficient (Wildman–Crippen LogP) is 3.64. The molecule has 0 spiro atoms. The number of aliphatic hydroxyl groups excluding tert-OH is 2. The summed E-state index contributed by atoms with van der Waals surface area (Å²) in [5.74, 6) is -0.0164. The fourth-order valence-corrected chi connectivity index (χ4v) is 6.28. The lowest BCUT2D eigenvalue weighted by Gasteiger charge is -2.37. The lowest BCUT2D eigenvalue weighted by atomic mass is 9.77. The number of nitrogens with zero attached hydrogens (tertiary/aromatic N) is 3. The molecule has 1 fully saturated rings. The van der Waals surface area contributed by atoms with Gasteiger partial charge >= 0.3 is 0 Å². The van der Waals surface area contributed by atoms with Gasteiger partial charge in [-0.1, -0.05) is 97.4 Å². The summed E-state index contributed by atoms with van der Waals surface area (Å²) < 4.78 is 7.33. The van der Waals surface area contributed by atoms with Crippen LogP contribution in [0.15, 0.2) is 95.8 Å². The minimum Gasteiger partial charge on any atom is -0.394 e. The second kappa shape index (κ2) is 13.1. The number of ether oxygens (including phenoxy) is 1. The van der Waals surface area contributed by atoms with Crippen molar-refractivity contribution in [2.45, 2.75) is 56.1 Å². The van der Waals surface area contributed by atoms with Crippen LogP contribution in [0.5, 0.6) is 0 Å². The number of aryl methyl sites for hydroxylation is 1. The van der Waals surface area contributed by atoms with E-state index in [1.807, 2.05) is 18.2 Å². The Hall–Kier alpha value is -4.35. The van der Waals surface area contributed by atoms with Gasteiger partial charge in [0.2, 0.25) is 5.95 Å². The number of H-pyrrole nitrogens is 1. The molecule has 0 amide bonds. The van der Waals surface area contributed by atoms with E-state index in [0.29, 0.717) is 23.1 Å². The zero-order chi connectivity index (χ0) is 30.5. The molecule has 0 unspecified atom stereocenters. The molecule has 2 aromatic heterocycles. The molecule has 3 heterocycles. The summed E-state index contributed by atoms with van der Waals surface area (Å²) in [6, 6.07) is 31.6. The quantitative estimate of drug-likeness (QED) is 0.109. The maximum Gasteiger partial charge on any atom is 0.263 e. The number of benzene rings is 3. The van der Waals surface area contributed by atoms with Gasteiger partial charge in [-0.3, -0.25) is 15.1 Å². The first kappa shape index (κ1) is 29.7. The van der Waals surface area contributed by atoms with Gasteiger partial charge in [0.05, 0.1) is 23.9 Å². The number of unbranched alkanes of at least 4 members (excludes halogenated alkanes) is 2. The molecule has 3 atom stereocenters. The fourth-order valence-electron chi connectivity index (χ4n) is 6.28. The van der Waals surface area contributed by atoms with Crippen molar-refractivity contribution in [3.05, 3.63) is 124 Å². The highest BCUT2D eigenvalue weighted by atomic mass is 16.5. The Bertz CT molecular complexity index is 1630. The van der Waals surface area contributed by atoms with Crippen molar-refractivity contribution in [2.24, 2.45) is 0 Å². The zero-order valence-electron chi connectivity index (χ0n) is 24.5. The van der Waals surface area contributed by atoms with Crippen LogP contribution in [0.2, 0.25) is 0 Å². The molecule has 3 aromatic carbocycles. The molecule has 228 valence electrons. The number of fused-ring (bicyclic) bond motifs is 1. The van der Waals surface area contributed by atoms with Gasteiger partial charge in [0.1, 0.15) is 11.5 Å². The van der Waals surface area contributed by atoms with E-state index in [2.05, 4.69) is 88.1 Å². The zero-order valence-corrected chi connectivity index (χ0v) is 24.5. The predicted molar refractivity (Wildman–Crippen MR) is 169 cm³/mol. The third-order valence-electron chi connectivity index (χ3n) is 8.41. The largest absolute Gasteiger partial charge is 0.394 e. The Morgan fingerprint density at radius 2 is 1.52 bits per heavy atom. The van der Waals surface area contributed by atoms with Gasteiger partial charge in [0.25, 0.3) is 5.56 Å². The van der Waals surface area contributed by atoms with Crippen LogP contribution in [0.1, 0.15) is 54.3 Å². The summed E-state index contributed by atoms with van der Waals surface area (Å²) in [5, 5.41) is 28.8. The number of aromatic amines is 1. The number of nitrogen functional groups attached to an aromatic ring is 1. The number of nitrogens with one attached hydrogen (secondary N) is 2. The first-order chi connectivity index (χ1) is 21.5. The third-order valence-corrected chi connectivity index (χ3v) is 8.41. The van der Waals surface area contributed by atoms with Crippen molar-refractivity contribution in [1.29, 1.82) is 0 Å². The molecular formula is C34H38N6O4. The number of anilines is 1. The summed E-state index contributed by atoms with van der Waals surface area (Å²) >= 11 is 0. The SMILES string of the molecule is Nc1nc2c(c(CCCCCNC(c3ccccc3)(c3ccccc3)c3ccccc3)nn2[C@H]2C[C@H](O)[C@@H](CO)O2)c(=O)[nH]1. The Morgan fingerprint density at radius 3 is 2.07 bits per heavy atom. The van der Waals surface area contributed by atoms with Crippen LogP contribution in [0, 0.1) is 0 Å². The maximum atomic E-state index is 12.9. The molecule has 10 heteroatoms. The van der Waals surface area contributed by atoms with E-state index in [1.165, 1.54) is 21.4 Å². The first-order valence-corrected chi connectivity index (χ1v) is 15.1. The maximum absolute atomic E-state index is 12.9. The number of nitrogens with two attached hydrogens (primary N) is 1. The summed E-state index contributed by atoms with van der Waals surface area (Å²) in [6.45, 7) is 0.455. The third kappa shape index (κ3) is 5.77. The molecule has 1 aliphatic rings. The minimum absolute atomic E-state index is 0.0164. The molecule has 6 N–H and O–H groups in total. The number of hydrogen-bond acceptors (Lipinski definition) is 8. The van der Waals surface area contributed by atoms with Gasteiger partial charge in [-0.15, -0.1) is 0 Å². The molecule has 10 nitrogen and oxygen atoms in total. The molecule has 44 heavy (non-hydrogen) atoms. The highest BCUT2D eigenvalue weighted by molar-refractivity contribution is 5.78. The number of hydrogen-bond donors (Lipinski definition) is 5. The van der Waals surface area contributed by atoms with Gasteiger partial charge in [0, 0.05) is 6.42 Å². The summed E-state index contributed by atoms with van der Waals surface area (Å²) in [4.78, 5) is 19.8. The van der Waals surface area contributed by atoms with Crippen LogP contribution in [0.4, 0.5) is 5.95 Å². The average molecular weight is 595 g/mol. The van der Waals surface area contributed by atoms with Gasteiger partial charge in [-0.25, -0.2) is 4.68 Å². The van der Waals surface area contributed by atoms with E-state index in [-0.39, 0.29) is 24.5 Å². The van der Waals surface area contributed by atoms with E-state index < -0.39 is 24.0 Å². The lowest BCUT2D eigenvalue weighted by molar-refractivity contribution is -0.0471.